The molecule has 1 heterocycles. The van der Waals surface area contributed by atoms with Crippen LogP contribution in [0.2, 0.25) is 0 Å². The maximum absolute atomic E-state index is 11.8. The minimum Gasteiger partial charge on any atom is -0.473 e. The first-order valence-corrected chi connectivity index (χ1v) is 8.01. The van der Waals surface area contributed by atoms with Crippen molar-refractivity contribution in [1.82, 2.24) is 15.6 Å². The summed E-state index contributed by atoms with van der Waals surface area (Å²) in [4.78, 5) is 15.8. The van der Waals surface area contributed by atoms with Gasteiger partial charge in [-0.15, -0.1) is 0 Å². The smallest absolute Gasteiger partial charge is 0.317 e. The molecule has 2 amide bonds. The van der Waals surface area contributed by atoms with Crippen molar-refractivity contribution in [2.75, 3.05) is 6.73 Å². The van der Waals surface area contributed by atoms with Gasteiger partial charge in [-0.05, 0) is 35.6 Å². The van der Waals surface area contributed by atoms with E-state index < -0.39 is 0 Å². The second-order valence-electron chi connectivity index (χ2n) is 6.76. The summed E-state index contributed by atoms with van der Waals surface area (Å²) in [6.45, 7) is 9.03. The Kier molecular flexibility index (Phi) is 5.79. The molecule has 128 valence electrons. The number of rotatable bonds is 5. The zero-order valence-electron chi connectivity index (χ0n) is 14.7. The Bertz CT molecular complexity index is 679. The Morgan fingerprint density at radius 2 is 2.00 bits per heavy atom. The number of aryl methyl sites for hydroxylation is 1. The molecule has 24 heavy (non-hydrogen) atoms. The van der Waals surface area contributed by atoms with Crippen LogP contribution < -0.4 is 15.4 Å². The van der Waals surface area contributed by atoms with Crippen LogP contribution in [0.15, 0.2) is 42.7 Å². The number of aromatic nitrogens is 1. The number of nitrogens with one attached hydrogen (secondary N) is 2. The number of nitrogens with zero attached hydrogens (tertiary/aromatic N) is 1. The van der Waals surface area contributed by atoms with Crippen LogP contribution in [0, 0.1) is 6.92 Å². The molecule has 0 atom stereocenters. The number of ether oxygens (including phenoxy) is 1. The second kappa shape index (κ2) is 7.81. The van der Waals surface area contributed by atoms with E-state index in [9.17, 15) is 4.79 Å². The zero-order valence-corrected chi connectivity index (χ0v) is 14.7. The number of carbonyl (C=O) groups is 1. The largest absolute Gasteiger partial charge is 0.473 e. The number of carbonyl (C=O) groups excluding carboxylic acids is 1. The highest BCUT2D eigenvalue weighted by atomic mass is 16.5. The molecule has 2 N–H and O–H groups in total. The Morgan fingerprint density at radius 1 is 1.21 bits per heavy atom. The van der Waals surface area contributed by atoms with Crippen LogP contribution in [-0.2, 0) is 12.0 Å². The van der Waals surface area contributed by atoms with E-state index in [1.807, 2.05) is 24.3 Å². The fourth-order valence-corrected chi connectivity index (χ4v) is 2.28. The average Bonchev–Trinajstić information content (AvgIpc) is 2.54. The maximum Gasteiger partial charge on any atom is 0.317 e. The number of hydrogen-bond donors (Lipinski definition) is 2. The van der Waals surface area contributed by atoms with Crippen LogP contribution in [0.3, 0.4) is 0 Å². The predicted molar refractivity (Wildman–Crippen MR) is 95.0 cm³/mol. The number of benzene rings is 1. The lowest BCUT2D eigenvalue weighted by atomic mass is 9.85. The molecule has 0 fully saturated rings. The van der Waals surface area contributed by atoms with Crippen LogP contribution in [-0.4, -0.2) is 17.7 Å². The molecule has 0 aliphatic carbocycles. The van der Waals surface area contributed by atoms with E-state index in [-0.39, 0.29) is 18.2 Å². The van der Waals surface area contributed by atoms with Gasteiger partial charge in [-0.3, -0.25) is 4.98 Å². The molecule has 0 saturated heterocycles. The van der Waals surface area contributed by atoms with Crippen molar-refractivity contribution in [1.29, 1.82) is 0 Å². The van der Waals surface area contributed by atoms with E-state index in [0.717, 1.165) is 16.9 Å². The first-order valence-electron chi connectivity index (χ1n) is 8.01. The lowest BCUT2D eigenvalue weighted by molar-refractivity contribution is 0.222. The average molecular weight is 327 g/mol. The molecular formula is C19H25N3O2. The summed E-state index contributed by atoms with van der Waals surface area (Å²) >= 11 is 0. The molecule has 1 aromatic carbocycles. The molecule has 5 nitrogen and oxygen atoms in total. The van der Waals surface area contributed by atoms with Gasteiger partial charge in [0.05, 0.1) is 0 Å². The van der Waals surface area contributed by atoms with E-state index >= 15 is 0 Å². The quantitative estimate of drug-likeness (QED) is 0.826. The van der Waals surface area contributed by atoms with E-state index in [4.69, 9.17) is 4.74 Å². The standard InChI is InChI=1S/C19H25N3O2/c1-14-7-8-17(16(10-14)19(2,3)4)24-13-22-18(23)21-12-15-6-5-9-20-11-15/h5-11H,12-13H2,1-4H3,(H2,21,22,23). The molecule has 0 saturated carbocycles. The summed E-state index contributed by atoms with van der Waals surface area (Å²) in [5.74, 6) is 0.792. The van der Waals surface area contributed by atoms with Crippen LogP contribution in [0.25, 0.3) is 0 Å². The van der Waals surface area contributed by atoms with Gasteiger partial charge >= 0.3 is 6.03 Å². The lowest BCUT2D eigenvalue weighted by Crippen LogP contribution is -2.37. The van der Waals surface area contributed by atoms with Gasteiger partial charge in [-0.2, -0.15) is 0 Å². The lowest BCUT2D eigenvalue weighted by Gasteiger charge is -2.23. The first kappa shape index (κ1) is 17.8. The molecule has 1 aromatic heterocycles. The number of hydrogen-bond acceptors (Lipinski definition) is 3. The van der Waals surface area contributed by atoms with E-state index in [1.54, 1.807) is 12.4 Å². The number of urea groups is 1. The first-order chi connectivity index (χ1) is 11.4. The fourth-order valence-electron chi connectivity index (χ4n) is 2.28. The Balaban J connectivity index is 1.85. The van der Waals surface area contributed by atoms with Gasteiger partial charge in [0.2, 0.25) is 0 Å². The SMILES string of the molecule is Cc1ccc(OCNC(=O)NCc2cccnc2)c(C(C)(C)C)c1. The Hall–Kier alpha value is -2.56. The highest BCUT2D eigenvalue weighted by Crippen LogP contribution is 2.31. The van der Waals surface area contributed by atoms with Gasteiger partial charge in [-0.25, -0.2) is 4.79 Å². The molecule has 0 aliphatic heterocycles. The summed E-state index contributed by atoms with van der Waals surface area (Å²) < 4.78 is 5.76. The van der Waals surface area contributed by atoms with Gasteiger partial charge in [0, 0.05) is 18.9 Å². The maximum atomic E-state index is 11.8. The third kappa shape index (κ3) is 5.26. The molecule has 0 radical (unpaired) electrons. The number of amides is 2. The van der Waals surface area contributed by atoms with Crippen molar-refractivity contribution < 1.29 is 9.53 Å². The van der Waals surface area contributed by atoms with Crippen molar-refractivity contribution in [2.45, 2.75) is 39.7 Å². The van der Waals surface area contributed by atoms with Crippen LogP contribution in [0.4, 0.5) is 4.79 Å². The summed E-state index contributed by atoms with van der Waals surface area (Å²) in [5, 5.41) is 5.47. The zero-order chi connectivity index (χ0) is 17.6. The molecule has 0 aliphatic rings. The van der Waals surface area contributed by atoms with Crippen molar-refractivity contribution in [3.05, 3.63) is 59.4 Å². The normalized spacial score (nSPS) is 11.0. The molecule has 0 unspecified atom stereocenters. The van der Waals surface area contributed by atoms with Gasteiger partial charge in [0.15, 0.2) is 6.73 Å². The highest BCUT2D eigenvalue weighted by Gasteiger charge is 2.19. The molecule has 0 spiro atoms. The summed E-state index contributed by atoms with van der Waals surface area (Å²) in [6.07, 6.45) is 3.42. The van der Waals surface area contributed by atoms with Crippen molar-refractivity contribution >= 4 is 6.03 Å². The van der Waals surface area contributed by atoms with Crippen LogP contribution >= 0.6 is 0 Å². The topological polar surface area (TPSA) is 63.2 Å². The second-order valence-corrected chi connectivity index (χ2v) is 6.76. The molecule has 2 rings (SSSR count). The predicted octanol–water partition coefficient (Wildman–Crippen LogP) is 3.52. The monoisotopic (exact) mass is 327 g/mol. The van der Waals surface area contributed by atoms with Gasteiger partial charge in [-0.1, -0.05) is 44.5 Å². The molecule has 2 aromatic rings. The van der Waals surface area contributed by atoms with Crippen LogP contribution in [0.1, 0.15) is 37.5 Å². The van der Waals surface area contributed by atoms with Gasteiger partial charge in [0.1, 0.15) is 5.75 Å². The van der Waals surface area contributed by atoms with E-state index in [1.165, 1.54) is 5.56 Å². The Morgan fingerprint density at radius 3 is 2.67 bits per heavy atom. The van der Waals surface area contributed by atoms with E-state index in [2.05, 4.69) is 49.4 Å². The molecule has 5 heteroatoms. The third-order valence-corrected chi connectivity index (χ3v) is 3.58. The third-order valence-electron chi connectivity index (χ3n) is 3.58. The van der Waals surface area contributed by atoms with E-state index in [0.29, 0.717) is 6.54 Å². The van der Waals surface area contributed by atoms with Crippen LogP contribution in [0.5, 0.6) is 5.75 Å². The van der Waals surface area contributed by atoms with Gasteiger partial charge in [0.25, 0.3) is 0 Å². The van der Waals surface area contributed by atoms with Crippen molar-refractivity contribution in [3.63, 3.8) is 0 Å². The van der Waals surface area contributed by atoms with Crippen molar-refractivity contribution in [3.8, 4) is 5.75 Å². The Labute approximate surface area is 143 Å². The van der Waals surface area contributed by atoms with Gasteiger partial charge < -0.3 is 15.4 Å². The number of pyridine rings is 1. The fraction of sp³-hybridized carbons (Fsp3) is 0.368. The minimum absolute atomic E-state index is 0.0239. The van der Waals surface area contributed by atoms with Crippen molar-refractivity contribution in [2.24, 2.45) is 0 Å². The minimum atomic E-state index is -0.275. The molecular weight excluding hydrogens is 302 g/mol. The highest BCUT2D eigenvalue weighted by molar-refractivity contribution is 5.73. The summed E-state index contributed by atoms with van der Waals surface area (Å²) in [7, 11) is 0. The molecule has 0 bridgehead atoms. The summed E-state index contributed by atoms with van der Waals surface area (Å²) in [5.41, 5.74) is 3.24. The summed E-state index contributed by atoms with van der Waals surface area (Å²) in [6, 6.07) is 9.55.